The first-order valence-electron chi connectivity index (χ1n) is 7.00. The standard InChI is InChI=1S/C13H26N2O3S/c1-4-19(18)12-7-5-6-11(8-12)14-13(17)15(3)9-10(2)16/h10-12,16H,4-9H2,1-3H3,(H,14,17). The molecule has 0 spiro atoms. The maximum atomic E-state index is 11.9. The van der Waals surface area contributed by atoms with Gasteiger partial charge in [0.05, 0.1) is 6.10 Å². The summed E-state index contributed by atoms with van der Waals surface area (Å²) in [7, 11) is 0.899. The van der Waals surface area contributed by atoms with Gasteiger partial charge in [-0.1, -0.05) is 13.3 Å². The fraction of sp³-hybridized carbons (Fsp3) is 0.923. The van der Waals surface area contributed by atoms with Gasteiger partial charge in [-0.15, -0.1) is 0 Å². The van der Waals surface area contributed by atoms with E-state index in [-0.39, 0.29) is 17.3 Å². The molecule has 19 heavy (non-hydrogen) atoms. The number of nitrogens with one attached hydrogen (secondary N) is 1. The lowest BCUT2D eigenvalue weighted by atomic mass is 9.95. The van der Waals surface area contributed by atoms with Crippen LogP contribution in [-0.2, 0) is 10.8 Å². The third-order valence-electron chi connectivity index (χ3n) is 3.49. The van der Waals surface area contributed by atoms with Gasteiger partial charge in [-0.25, -0.2) is 4.79 Å². The van der Waals surface area contributed by atoms with E-state index in [4.69, 9.17) is 0 Å². The van der Waals surface area contributed by atoms with E-state index in [0.717, 1.165) is 25.7 Å². The van der Waals surface area contributed by atoms with Gasteiger partial charge in [0.25, 0.3) is 0 Å². The number of hydrogen-bond acceptors (Lipinski definition) is 3. The van der Waals surface area contributed by atoms with Gasteiger partial charge >= 0.3 is 6.03 Å². The number of amides is 2. The molecule has 4 atom stereocenters. The summed E-state index contributed by atoms with van der Waals surface area (Å²) >= 11 is 0. The van der Waals surface area contributed by atoms with Crippen LogP contribution in [0.1, 0.15) is 39.5 Å². The minimum absolute atomic E-state index is 0.109. The maximum absolute atomic E-state index is 11.9. The van der Waals surface area contributed by atoms with Crippen molar-refractivity contribution >= 4 is 16.8 Å². The van der Waals surface area contributed by atoms with Crippen LogP contribution in [0.3, 0.4) is 0 Å². The third-order valence-corrected chi connectivity index (χ3v) is 5.24. The summed E-state index contributed by atoms with van der Waals surface area (Å²) in [5, 5.41) is 12.5. The molecule has 0 aromatic rings. The summed E-state index contributed by atoms with van der Waals surface area (Å²) in [5.41, 5.74) is 0. The van der Waals surface area contributed by atoms with Gasteiger partial charge in [0.2, 0.25) is 0 Å². The van der Waals surface area contributed by atoms with Crippen molar-refractivity contribution in [1.29, 1.82) is 0 Å². The maximum Gasteiger partial charge on any atom is 0.317 e. The molecule has 1 aliphatic rings. The summed E-state index contributed by atoms with van der Waals surface area (Å²) in [6.45, 7) is 3.92. The zero-order chi connectivity index (χ0) is 14.4. The van der Waals surface area contributed by atoms with Gasteiger partial charge in [0.1, 0.15) is 0 Å². The van der Waals surface area contributed by atoms with E-state index in [2.05, 4.69) is 5.32 Å². The first-order valence-corrected chi connectivity index (χ1v) is 8.39. The second-order valence-corrected chi connectivity index (χ2v) is 7.34. The van der Waals surface area contributed by atoms with E-state index in [1.54, 1.807) is 14.0 Å². The molecule has 0 aliphatic heterocycles. The predicted molar refractivity (Wildman–Crippen MR) is 77.6 cm³/mol. The highest BCUT2D eigenvalue weighted by Gasteiger charge is 2.27. The zero-order valence-electron chi connectivity index (χ0n) is 12.1. The van der Waals surface area contributed by atoms with E-state index in [0.29, 0.717) is 12.3 Å². The molecule has 1 aliphatic carbocycles. The Morgan fingerprint density at radius 2 is 2.21 bits per heavy atom. The predicted octanol–water partition coefficient (Wildman–Crippen LogP) is 1.09. The summed E-state index contributed by atoms with van der Waals surface area (Å²) in [4.78, 5) is 13.4. The summed E-state index contributed by atoms with van der Waals surface area (Å²) < 4.78 is 11.8. The van der Waals surface area contributed by atoms with E-state index in [1.165, 1.54) is 4.90 Å². The quantitative estimate of drug-likeness (QED) is 0.796. The molecular weight excluding hydrogens is 264 g/mol. The fourth-order valence-corrected chi connectivity index (χ4v) is 3.86. The average molecular weight is 290 g/mol. The lowest BCUT2D eigenvalue weighted by Crippen LogP contribution is -2.47. The number of aliphatic hydroxyl groups excluding tert-OH is 1. The SMILES string of the molecule is CCS(=O)C1CCCC(NC(=O)N(C)CC(C)O)C1. The molecule has 0 aromatic carbocycles. The van der Waals surface area contributed by atoms with Crippen LogP contribution in [0.15, 0.2) is 0 Å². The molecule has 112 valence electrons. The van der Waals surface area contributed by atoms with E-state index in [9.17, 15) is 14.1 Å². The zero-order valence-corrected chi connectivity index (χ0v) is 12.9. The highest BCUT2D eigenvalue weighted by Crippen LogP contribution is 2.23. The Hall–Kier alpha value is -0.620. The number of likely N-dealkylation sites (N-methyl/N-ethyl adjacent to an activating group) is 1. The van der Waals surface area contributed by atoms with Crippen molar-refractivity contribution in [3.8, 4) is 0 Å². The van der Waals surface area contributed by atoms with Crippen LogP contribution in [-0.4, -0.2) is 57.0 Å². The number of hydrogen-bond donors (Lipinski definition) is 2. The number of carbonyl (C=O) groups is 1. The highest BCUT2D eigenvalue weighted by molar-refractivity contribution is 7.85. The van der Waals surface area contributed by atoms with Crippen molar-refractivity contribution in [2.24, 2.45) is 0 Å². The van der Waals surface area contributed by atoms with E-state index >= 15 is 0 Å². The molecule has 4 unspecified atom stereocenters. The van der Waals surface area contributed by atoms with Gasteiger partial charge in [-0.2, -0.15) is 0 Å². The number of carbonyl (C=O) groups excluding carboxylic acids is 1. The van der Waals surface area contributed by atoms with Crippen LogP contribution in [0, 0.1) is 0 Å². The minimum Gasteiger partial charge on any atom is -0.392 e. The summed E-state index contributed by atoms with van der Waals surface area (Å²) in [6, 6.07) is -0.0490. The number of nitrogens with zero attached hydrogens (tertiary/aromatic N) is 1. The van der Waals surface area contributed by atoms with Crippen LogP contribution in [0.2, 0.25) is 0 Å². The normalized spacial score (nSPS) is 26.5. The second-order valence-electron chi connectivity index (χ2n) is 5.33. The molecule has 2 N–H and O–H groups in total. The Morgan fingerprint density at radius 3 is 2.79 bits per heavy atom. The Morgan fingerprint density at radius 1 is 1.53 bits per heavy atom. The number of urea groups is 1. The summed E-state index contributed by atoms with van der Waals surface area (Å²) in [5.74, 6) is 0.688. The topological polar surface area (TPSA) is 69.6 Å². The molecule has 0 bridgehead atoms. The Kier molecular flexibility index (Phi) is 6.79. The van der Waals surface area contributed by atoms with Crippen molar-refractivity contribution in [1.82, 2.24) is 10.2 Å². The third kappa shape index (κ3) is 5.48. The minimum atomic E-state index is -0.774. The van der Waals surface area contributed by atoms with Crippen LogP contribution in [0.4, 0.5) is 4.79 Å². The Bertz CT molecular complexity index is 323. The monoisotopic (exact) mass is 290 g/mol. The Balaban J connectivity index is 2.43. The van der Waals surface area contributed by atoms with Crippen LogP contribution in [0.25, 0.3) is 0 Å². The van der Waals surface area contributed by atoms with E-state index < -0.39 is 16.9 Å². The van der Waals surface area contributed by atoms with Gasteiger partial charge in [-0.05, 0) is 26.2 Å². The van der Waals surface area contributed by atoms with Gasteiger partial charge in [0, 0.05) is 41.4 Å². The van der Waals surface area contributed by atoms with Crippen LogP contribution < -0.4 is 5.32 Å². The van der Waals surface area contributed by atoms with Crippen LogP contribution in [0.5, 0.6) is 0 Å². The molecule has 1 saturated carbocycles. The van der Waals surface area contributed by atoms with Gasteiger partial charge in [0.15, 0.2) is 0 Å². The van der Waals surface area contributed by atoms with Crippen molar-refractivity contribution < 1.29 is 14.1 Å². The molecule has 1 rings (SSSR count). The first-order chi connectivity index (χ1) is 8.93. The highest BCUT2D eigenvalue weighted by atomic mass is 32.2. The number of rotatable bonds is 5. The van der Waals surface area contributed by atoms with E-state index in [1.807, 2.05) is 6.92 Å². The van der Waals surface area contributed by atoms with Crippen molar-refractivity contribution in [2.75, 3.05) is 19.3 Å². The molecule has 6 heteroatoms. The molecule has 0 aromatic heterocycles. The van der Waals surface area contributed by atoms with Gasteiger partial charge < -0.3 is 15.3 Å². The molecule has 1 fully saturated rings. The average Bonchev–Trinajstić information content (AvgIpc) is 2.37. The molecule has 0 saturated heterocycles. The largest absolute Gasteiger partial charge is 0.392 e. The number of aliphatic hydroxyl groups is 1. The first kappa shape index (κ1) is 16.4. The lowest BCUT2D eigenvalue weighted by molar-refractivity contribution is 0.141. The Labute approximate surface area is 118 Å². The molecule has 5 nitrogen and oxygen atoms in total. The lowest BCUT2D eigenvalue weighted by Gasteiger charge is -2.30. The molecular formula is C13H26N2O3S. The van der Waals surface area contributed by atoms with Crippen molar-refractivity contribution in [2.45, 2.75) is 56.9 Å². The second kappa shape index (κ2) is 7.85. The molecule has 0 radical (unpaired) electrons. The summed E-state index contributed by atoms with van der Waals surface area (Å²) in [6.07, 6.45) is 3.24. The van der Waals surface area contributed by atoms with Gasteiger partial charge in [-0.3, -0.25) is 4.21 Å². The van der Waals surface area contributed by atoms with Crippen molar-refractivity contribution in [3.63, 3.8) is 0 Å². The van der Waals surface area contributed by atoms with Crippen molar-refractivity contribution in [3.05, 3.63) is 0 Å². The smallest absolute Gasteiger partial charge is 0.317 e. The molecule has 2 amide bonds. The van der Waals surface area contributed by atoms with Crippen LogP contribution >= 0.6 is 0 Å². The molecule has 0 heterocycles. The fourth-order valence-electron chi connectivity index (χ4n) is 2.51.